The third kappa shape index (κ3) is 5.42. The van der Waals surface area contributed by atoms with Crippen molar-refractivity contribution in [2.75, 3.05) is 13.2 Å². The number of nitrogens with zero attached hydrogens (tertiary/aromatic N) is 2. The normalized spacial score (nSPS) is 11.9. The van der Waals surface area contributed by atoms with Crippen molar-refractivity contribution in [3.8, 4) is 5.75 Å². The van der Waals surface area contributed by atoms with E-state index >= 15 is 0 Å². The van der Waals surface area contributed by atoms with Crippen molar-refractivity contribution >= 4 is 39.5 Å². The third-order valence-corrected chi connectivity index (χ3v) is 5.02. The van der Waals surface area contributed by atoms with Gasteiger partial charge in [0.1, 0.15) is 12.3 Å². The number of amides is 1. The van der Waals surface area contributed by atoms with Crippen LogP contribution in [0, 0.1) is 0 Å². The molecule has 1 heterocycles. The number of thiazole rings is 1. The third-order valence-electron chi connectivity index (χ3n) is 3.98. The lowest BCUT2D eigenvalue weighted by atomic mass is 10.2. The van der Waals surface area contributed by atoms with E-state index in [9.17, 15) is 9.59 Å². The highest BCUT2D eigenvalue weighted by Gasteiger charge is 2.12. The molecule has 0 radical (unpaired) electrons. The molecule has 0 saturated carbocycles. The van der Waals surface area contributed by atoms with Gasteiger partial charge in [-0.2, -0.15) is 4.99 Å². The second-order valence-electron chi connectivity index (χ2n) is 6.03. The van der Waals surface area contributed by atoms with E-state index in [4.69, 9.17) is 9.47 Å². The number of aromatic nitrogens is 1. The Balaban J connectivity index is 1.99. The van der Waals surface area contributed by atoms with Crippen molar-refractivity contribution in [3.05, 3.63) is 65.0 Å². The summed E-state index contributed by atoms with van der Waals surface area (Å²) in [5.41, 5.74) is 1.71. The molecule has 0 spiro atoms. The molecule has 150 valence electrons. The average molecular weight is 410 g/mol. The Labute approximate surface area is 172 Å². The molecule has 0 bridgehead atoms. The molecule has 0 fully saturated rings. The summed E-state index contributed by atoms with van der Waals surface area (Å²) in [6.45, 7) is 4.50. The number of carbonyl (C=O) groups is 2. The molecule has 3 rings (SSSR count). The molecule has 6 nitrogen and oxygen atoms in total. The first kappa shape index (κ1) is 20.5. The quantitative estimate of drug-likeness (QED) is 0.439. The molecule has 7 heteroatoms. The van der Waals surface area contributed by atoms with Gasteiger partial charge in [-0.05, 0) is 43.7 Å². The monoisotopic (exact) mass is 410 g/mol. The predicted octanol–water partition coefficient (Wildman–Crippen LogP) is 3.81. The highest BCUT2D eigenvalue weighted by molar-refractivity contribution is 7.16. The van der Waals surface area contributed by atoms with Crippen LogP contribution in [0.2, 0.25) is 0 Å². The Kier molecular flexibility index (Phi) is 6.97. The van der Waals surface area contributed by atoms with Gasteiger partial charge >= 0.3 is 5.97 Å². The summed E-state index contributed by atoms with van der Waals surface area (Å²) in [4.78, 5) is 29.1. The van der Waals surface area contributed by atoms with E-state index in [-0.39, 0.29) is 12.5 Å². The summed E-state index contributed by atoms with van der Waals surface area (Å²) in [7, 11) is 0. The zero-order valence-corrected chi connectivity index (χ0v) is 17.1. The van der Waals surface area contributed by atoms with Gasteiger partial charge in [0.25, 0.3) is 5.91 Å². The van der Waals surface area contributed by atoms with E-state index in [0.29, 0.717) is 18.0 Å². The van der Waals surface area contributed by atoms with Gasteiger partial charge in [-0.25, -0.2) is 0 Å². The second-order valence-corrected chi connectivity index (χ2v) is 7.04. The van der Waals surface area contributed by atoms with E-state index in [1.54, 1.807) is 17.6 Å². The van der Waals surface area contributed by atoms with Crippen molar-refractivity contribution in [1.82, 2.24) is 4.57 Å². The van der Waals surface area contributed by atoms with Crippen LogP contribution in [-0.4, -0.2) is 29.7 Å². The first-order chi connectivity index (χ1) is 14.1. The van der Waals surface area contributed by atoms with Crippen molar-refractivity contribution in [2.24, 2.45) is 4.99 Å². The number of hydrogen-bond donors (Lipinski definition) is 0. The standard InChI is InChI=1S/C22H22N2O4S/c1-3-27-17-11-12-18-19(14-17)29-22(24(18)15-21(26)28-4-2)23-20(25)13-10-16-8-6-5-7-9-16/h5-14H,3-4,15H2,1-2H3. The average Bonchev–Trinajstić information content (AvgIpc) is 3.04. The molecule has 0 unspecified atom stereocenters. The molecule has 0 aliphatic heterocycles. The number of carbonyl (C=O) groups excluding carboxylic acids is 2. The fourth-order valence-corrected chi connectivity index (χ4v) is 3.81. The first-order valence-electron chi connectivity index (χ1n) is 9.34. The smallest absolute Gasteiger partial charge is 0.326 e. The lowest BCUT2D eigenvalue weighted by Crippen LogP contribution is -2.22. The SMILES string of the molecule is CCOC(=O)Cn1c(=NC(=O)C=Cc2ccccc2)sc2cc(OCC)ccc21. The molecule has 0 aliphatic rings. The van der Waals surface area contributed by atoms with Crippen molar-refractivity contribution in [1.29, 1.82) is 0 Å². The molecular weight excluding hydrogens is 388 g/mol. The summed E-state index contributed by atoms with van der Waals surface area (Å²) in [6.07, 6.45) is 3.13. The van der Waals surface area contributed by atoms with Gasteiger partial charge < -0.3 is 14.0 Å². The number of ether oxygens (including phenoxy) is 2. The summed E-state index contributed by atoms with van der Waals surface area (Å²) in [5, 5.41) is 0. The van der Waals surface area contributed by atoms with Crippen LogP contribution in [0.3, 0.4) is 0 Å². The summed E-state index contributed by atoms with van der Waals surface area (Å²) < 4.78 is 13.2. The molecule has 0 aliphatic carbocycles. The van der Waals surface area contributed by atoms with Gasteiger partial charge in [-0.3, -0.25) is 9.59 Å². The van der Waals surface area contributed by atoms with Crippen LogP contribution in [0.5, 0.6) is 5.75 Å². The van der Waals surface area contributed by atoms with Crippen molar-refractivity contribution in [2.45, 2.75) is 20.4 Å². The van der Waals surface area contributed by atoms with E-state index in [1.165, 1.54) is 17.4 Å². The minimum Gasteiger partial charge on any atom is -0.494 e. The Morgan fingerprint density at radius 2 is 1.90 bits per heavy atom. The zero-order valence-electron chi connectivity index (χ0n) is 16.3. The Bertz CT molecular complexity index is 1100. The van der Waals surface area contributed by atoms with E-state index in [2.05, 4.69) is 4.99 Å². The van der Waals surface area contributed by atoms with Crippen LogP contribution in [0.15, 0.2) is 59.6 Å². The molecule has 0 saturated heterocycles. The van der Waals surface area contributed by atoms with Gasteiger partial charge in [0.15, 0.2) is 4.80 Å². The van der Waals surface area contributed by atoms with E-state index in [0.717, 1.165) is 21.5 Å². The number of hydrogen-bond acceptors (Lipinski definition) is 5. The van der Waals surface area contributed by atoms with Gasteiger partial charge in [0.05, 0.1) is 23.4 Å². The van der Waals surface area contributed by atoms with Crippen LogP contribution in [0.4, 0.5) is 0 Å². The lowest BCUT2D eigenvalue weighted by Gasteiger charge is -2.06. The number of esters is 1. The summed E-state index contributed by atoms with van der Waals surface area (Å²) >= 11 is 1.33. The Hall–Kier alpha value is -3.19. The van der Waals surface area contributed by atoms with Gasteiger partial charge in [0, 0.05) is 6.08 Å². The minimum absolute atomic E-state index is 0.0175. The molecular formula is C22H22N2O4S. The second kappa shape index (κ2) is 9.84. The highest BCUT2D eigenvalue weighted by atomic mass is 32.1. The van der Waals surface area contributed by atoms with Crippen LogP contribution in [0.25, 0.3) is 16.3 Å². The van der Waals surface area contributed by atoms with E-state index < -0.39 is 5.91 Å². The maximum atomic E-state index is 12.4. The summed E-state index contributed by atoms with van der Waals surface area (Å²) in [5.74, 6) is -0.0516. The first-order valence-corrected chi connectivity index (χ1v) is 10.2. The molecule has 1 amide bonds. The van der Waals surface area contributed by atoms with Crippen molar-refractivity contribution < 1.29 is 19.1 Å². The van der Waals surface area contributed by atoms with Gasteiger partial charge in [0.2, 0.25) is 0 Å². The topological polar surface area (TPSA) is 69.9 Å². The van der Waals surface area contributed by atoms with Crippen molar-refractivity contribution in [3.63, 3.8) is 0 Å². The fraction of sp³-hybridized carbons (Fsp3) is 0.227. The number of benzene rings is 2. The van der Waals surface area contributed by atoms with Crippen LogP contribution >= 0.6 is 11.3 Å². The minimum atomic E-state index is -0.400. The fourth-order valence-electron chi connectivity index (χ4n) is 2.75. The Morgan fingerprint density at radius 1 is 1.10 bits per heavy atom. The highest BCUT2D eigenvalue weighted by Crippen LogP contribution is 2.23. The molecule has 1 aromatic heterocycles. The molecule has 2 aromatic carbocycles. The van der Waals surface area contributed by atoms with E-state index in [1.807, 2.05) is 55.5 Å². The van der Waals surface area contributed by atoms with Gasteiger partial charge in [-0.1, -0.05) is 41.7 Å². The Morgan fingerprint density at radius 3 is 2.62 bits per heavy atom. The maximum Gasteiger partial charge on any atom is 0.326 e. The number of rotatable bonds is 7. The molecule has 29 heavy (non-hydrogen) atoms. The number of fused-ring (bicyclic) bond motifs is 1. The molecule has 3 aromatic rings. The largest absolute Gasteiger partial charge is 0.494 e. The predicted molar refractivity (Wildman–Crippen MR) is 114 cm³/mol. The van der Waals surface area contributed by atoms with Gasteiger partial charge in [-0.15, -0.1) is 0 Å². The zero-order chi connectivity index (χ0) is 20.6. The van der Waals surface area contributed by atoms with Crippen LogP contribution < -0.4 is 9.54 Å². The molecule has 0 atom stereocenters. The lowest BCUT2D eigenvalue weighted by molar-refractivity contribution is -0.143. The van der Waals surface area contributed by atoms with Crippen LogP contribution in [0.1, 0.15) is 19.4 Å². The molecule has 0 N–H and O–H groups in total. The van der Waals surface area contributed by atoms with Crippen LogP contribution in [-0.2, 0) is 20.9 Å². The maximum absolute atomic E-state index is 12.4. The summed E-state index contributed by atoms with van der Waals surface area (Å²) in [6, 6.07) is 15.1.